The molecule has 0 atom stereocenters. The van der Waals surface area contributed by atoms with Crippen molar-refractivity contribution in [2.75, 3.05) is 42.9 Å². The van der Waals surface area contributed by atoms with E-state index >= 15 is 0 Å². The van der Waals surface area contributed by atoms with Gasteiger partial charge in [-0.2, -0.15) is 0 Å². The molecule has 3 rings (SSSR count). The van der Waals surface area contributed by atoms with Crippen molar-refractivity contribution in [3.05, 3.63) is 54.4 Å². The average molecular weight is 381 g/mol. The van der Waals surface area contributed by atoms with E-state index in [-0.39, 0.29) is 11.9 Å². The highest BCUT2D eigenvalue weighted by Crippen LogP contribution is 2.16. The van der Waals surface area contributed by atoms with Gasteiger partial charge in [-0.25, -0.2) is 4.79 Å². The van der Waals surface area contributed by atoms with E-state index < -0.39 is 0 Å². The summed E-state index contributed by atoms with van der Waals surface area (Å²) < 4.78 is 0. The number of piperazine rings is 1. The van der Waals surface area contributed by atoms with E-state index in [4.69, 9.17) is 0 Å². The first-order valence-corrected chi connectivity index (χ1v) is 9.62. The lowest BCUT2D eigenvalue weighted by Gasteiger charge is -2.36. The summed E-state index contributed by atoms with van der Waals surface area (Å²) in [4.78, 5) is 32.7. The maximum atomic E-state index is 12.5. The summed E-state index contributed by atoms with van der Waals surface area (Å²) in [7, 11) is 0. The molecule has 0 bridgehead atoms. The van der Waals surface area contributed by atoms with Gasteiger partial charge in [-0.1, -0.05) is 13.8 Å². The Morgan fingerprint density at radius 3 is 2.25 bits per heavy atom. The number of anilines is 2. The minimum Gasteiger partial charge on any atom is -0.368 e. The topological polar surface area (TPSA) is 77.6 Å². The second-order valence-electron chi connectivity index (χ2n) is 7.29. The van der Waals surface area contributed by atoms with Gasteiger partial charge in [-0.15, -0.1) is 0 Å². The molecule has 148 valence electrons. The Kier molecular flexibility index (Phi) is 6.47. The van der Waals surface area contributed by atoms with Crippen LogP contribution in [-0.2, 0) is 0 Å². The molecular formula is C21H27N5O2. The van der Waals surface area contributed by atoms with Gasteiger partial charge in [0.2, 0.25) is 0 Å². The standard InChI is InChI=1S/C21H27N5O2/c1-16(2)15-23-20(27)17-3-5-18(6-4-17)24-21(28)26-13-11-25(12-14-26)19-7-9-22-10-8-19/h3-10,16H,11-15H2,1-2H3,(H,23,27)(H,24,28). The van der Waals surface area contributed by atoms with E-state index in [0.717, 1.165) is 18.8 Å². The number of nitrogens with one attached hydrogen (secondary N) is 2. The molecule has 1 fully saturated rings. The Labute approximate surface area is 165 Å². The molecule has 28 heavy (non-hydrogen) atoms. The average Bonchev–Trinajstić information content (AvgIpc) is 2.73. The second kappa shape index (κ2) is 9.21. The SMILES string of the molecule is CC(C)CNC(=O)c1ccc(NC(=O)N2CCN(c3ccncc3)CC2)cc1. The van der Waals surface area contributed by atoms with Gasteiger partial charge in [0, 0.05) is 62.1 Å². The van der Waals surface area contributed by atoms with Crippen molar-refractivity contribution in [1.29, 1.82) is 0 Å². The van der Waals surface area contributed by atoms with Crippen molar-refractivity contribution in [2.24, 2.45) is 5.92 Å². The monoisotopic (exact) mass is 381 g/mol. The highest BCUT2D eigenvalue weighted by atomic mass is 16.2. The van der Waals surface area contributed by atoms with Gasteiger partial charge >= 0.3 is 6.03 Å². The molecule has 7 heteroatoms. The summed E-state index contributed by atoms with van der Waals surface area (Å²) in [6.07, 6.45) is 3.56. The van der Waals surface area contributed by atoms with Crippen LogP contribution in [-0.4, -0.2) is 54.5 Å². The van der Waals surface area contributed by atoms with Gasteiger partial charge in [0.15, 0.2) is 0 Å². The van der Waals surface area contributed by atoms with Crippen LogP contribution < -0.4 is 15.5 Å². The molecule has 0 spiro atoms. The molecule has 0 radical (unpaired) electrons. The van der Waals surface area contributed by atoms with Crippen molar-refractivity contribution in [3.8, 4) is 0 Å². The summed E-state index contributed by atoms with van der Waals surface area (Å²) in [6.45, 7) is 7.63. The number of rotatable bonds is 5. The molecule has 1 aromatic heterocycles. The molecule has 1 saturated heterocycles. The molecule has 1 aromatic carbocycles. The van der Waals surface area contributed by atoms with E-state index in [9.17, 15) is 9.59 Å². The number of hydrogen-bond donors (Lipinski definition) is 2. The van der Waals surface area contributed by atoms with Crippen LogP contribution in [0, 0.1) is 5.92 Å². The predicted octanol–water partition coefficient (Wildman–Crippen LogP) is 2.82. The molecule has 2 aromatic rings. The maximum absolute atomic E-state index is 12.5. The van der Waals surface area contributed by atoms with Crippen LogP contribution >= 0.6 is 0 Å². The van der Waals surface area contributed by atoms with E-state index in [0.29, 0.717) is 36.8 Å². The first-order chi connectivity index (χ1) is 13.5. The fraction of sp³-hybridized carbons (Fsp3) is 0.381. The number of carbonyl (C=O) groups is 2. The van der Waals surface area contributed by atoms with E-state index in [1.54, 1.807) is 41.6 Å². The van der Waals surface area contributed by atoms with E-state index in [1.165, 1.54) is 0 Å². The van der Waals surface area contributed by atoms with Gasteiger partial charge in [0.1, 0.15) is 0 Å². The van der Waals surface area contributed by atoms with Crippen LogP contribution in [0.15, 0.2) is 48.8 Å². The summed E-state index contributed by atoms with van der Waals surface area (Å²) in [6, 6.07) is 10.8. The third-order valence-electron chi connectivity index (χ3n) is 4.66. The smallest absolute Gasteiger partial charge is 0.321 e. The molecule has 1 aliphatic rings. The van der Waals surface area contributed by atoms with Crippen LogP contribution in [0.4, 0.5) is 16.2 Å². The summed E-state index contributed by atoms with van der Waals surface area (Å²) >= 11 is 0. The fourth-order valence-corrected chi connectivity index (χ4v) is 3.03. The lowest BCUT2D eigenvalue weighted by molar-refractivity contribution is 0.0949. The molecule has 1 aliphatic heterocycles. The number of amides is 3. The molecular weight excluding hydrogens is 354 g/mol. The van der Waals surface area contributed by atoms with E-state index in [1.807, 2.05) is 12.1 Å². The number of urea groups is 1. The molecule has 2 heterocycles. The summed E-state index contributed by atoms with van der Waals surface area (Å²) in [5, 5.41) is 5.79. The summed E-state index contributed by atoms with van der Waals surface area (Å²) in [5.74, 6) is 0.306. The third-order valence-corrected chi connectivity index (χ3v) is 4.66. The minimum absolute atomic E-state index is 0.0983. The largest absolute Gasteiger partial charge is 0.368 e. The van der Waals surface area contributed by atoms with Gasteiger partial charge in [-0.3, -0.25) is 9.78 Å². The second-order valence-corrected chi connectivity index (χ2v) is 7.29. The first-order valence-electron chi connectivity index (χ1n) is 9.62. The molecule has 0 saturated carbocycles. The Balaban J connectivity index is 1.49. The minimum atomic E-state index is -0.119. The zero-order valence-electron chi connectivity index (χ0n) is 16.4. The van der Waals surface area contributed by atoms with Crippen LogP contribution in [0.25, 0.3) is 0 Å². The Bertz CT molecular complexity index is 784. The van der Waals surface area contributed by atoms with Gasteiger partial charge in [0.05, 0.1) is 0 Å². The van der Waals surface area contributed by atoms with Crippen LogP contribution in [0.5, 0.6) is 0 Å². The van der Waals surface area contributed by atoms with Crippen molar-refractivity contribution in [2.45, 2.75) is 13.8 Å². The lowest BCUT2D eigenvalue weighted by atomic mass is 10.1. The lowest BCUT2D eigenvalue weighted by Crippen LogP contribution is -2.50. The quantitative estimate of drug-likeness (QED) is 0.835. The number of pyridine rings is 1. The van der Waals surface area contributed by atoms with E-state index in [2.05, 4.69) is 34.4 Å². The Hall–Kier alpha value is -3.09. The van der Waals surface area contributed by atoms with Crippen molar-refractivity contribution in [1.82, 2.24) is 15.2 Å². The highest BCUT2D eigenvalue weighted by molar-refractivity contribution is 5.95. The molecule has 7 nitrogen and oxygen atoms in total. The van der Waals surface area contributed by atoms with Gasteiger partial charge < -0.3 is 20.4 Å². The van der Waals surface area contributed by atoms with Crippen LogP contribution in [0.3, 0.4) is 0 Å². The number of nitrogens with zero attached hydrogens (tertiary/aromatic N) is 3. The molecule has 2 N–H and O–H groups in total. The van der Waals surface area contributed by atoms with Crippen molar-refractivity contribution >= 4 is 23.3 Å². The highest BCUT2D eigenvalue weighted by Gasteiger charge is 2.21. The third kappa shape index (κ3) is 5.22. The van der Waals surface area contributed by atoms with Crippen molar-refractivity contribution < 1.29 is 9.59 Å². The predicted molar refractivity (Wildman–Crippen MR) is 111 cm³/mol. The number of benzene rings is 1. The number of hydrogen-bond acceptors (Lipinski definition) is 4. The molecule has 3 amide bonds. The number of aromatic nitrogens is 1. The Morgan fingerprint density at radius 2 is 1.64 bits per heavy atom. The van der Waals surface area contributed by atoms with Crippen LogP contribution in [0.1, 0.15) is 24.2 Å². The van der Waals surface area contributed by atoms with Crippen LogP contribution in [0.2, 0.25) is 0 Å². The zero-order valence-corrected chi connectivity index (χ0v) is 16.4. The van der Waals surface area contributed by atoms with Crippen molar-refractivity contribution in [3.63, 3.8) is 0 Å². The van der Waals surface area contributed by atoms with Gasteiger partial charge in [0.25, 0.3) is 5.91 Å². The first kappa shape index (κ1) is 19.7. The number of carbonyl (C=O) groups excluding carboxylic acids is 2. The van der Waals surface area contributed by atoms with Gasteiger partial charge in [-0.05, 0) is 42.3 Å². The normalized spacial score (nSPS) is 14.1. The fourth-order valence-electron chi connectivity index (χ4n) is 3.03. The zero-order chi connectivity index (χ0) is 19.9. The Morgan fingerprint density at radius 1 is 1.00 bits per heavy atom. The summed E-state index contributed by atoms with van der Waals surface area (Å²) in [5.41, 5.74) is 2.40. The maximum Gasteiger partial charge on any atom is 0.321 e. The molecule has 0 aliphatic carbocycles. The molecule has 0 unspecified atom stereocenters.